The summed E-state index contributed by atoms with van der Waals surface area (Å²) < 4.78 is 2.11. The molecule has 0 N–H and O–H groups in total. The molecule has 94 valence electrons. The fraction of sp³-hybridized carbons (Fsp3) is 0.462. The Morgan fingerprint density at radius 1 is 1.29 bits per heavy atom. The molecule has 0 aliphatic rings. The van der Waals surface area contributed by atoms with Gasteiger partial charge in [-0.05, 0) is 43.0 Å². The number of hydrogen-bond donors (Lipinski definition) is 0. The van der Waals surface area contributed by atoms with E-state index in [1.807, 2.05) is 13.8 Å². The standard InChI is InChI=1S/C13H15Br3O/c1-3-4-13(17)12(16)7-9-10(14)5-8(2)6-11(9)15/h5-6,12H,3-4,7H2,1-2H3. The molecule has 0 aliphatic carbocycles. The number of benzene rings is 1. The van der Waals surface area contributed by atoms with Crippen molar-refractivity contribution in [3.05, 3.63) is 32.2 Å². The number of halogens is 3. The Balaban J connectivity index is 2.85. The van der Waals surface area contributed by atoms with E-state index in [4.69, 9.17) is 0 Å². The van der Waals surface area contributed by atoms with Crippen LogP contribution in [0.1, 0.15) is 30.9 Å². The molecule has 1 rings (SSSR count). The lowest BCUT2D eigenvalue weighted by atomic mass is 10.0. The average molecular weight is 427 g/mol. The summed E-state index contributed by atoms with van der Waals surface area (Å²) in [6.07, 6.45) is 2.24. The van der Waals surface area contributed by atoms with Gasteiger partial charge in [-0.15, -0.1) is 0 Å². The molecule has 1 aromatic rings. The highest BCUT2D eigenvalue weighted by molar-refractivity contribution is 9.11. The molecule has 0 saturated carbocycles. The van der Waals surface area contributed by atoms with Crippen LogP contribution in [0.2, 0.25) is 0 Å². The number of carbonyl (C=O) groups excluding carboxylic acids is 1. The average Bonchev–Trinajstić information content (AvgIpc) is 2.23. The predicted molar refractivity (Wildman–Crippen MR) is 82.9 cm³/mol. The van der Waals surface area contributed by atoms with E-state index in [0.29, 0.717) is 12.8 Å². The van der Waals surface area contributed by atoms with Crippen LogP contribution in [0.4, 0.5) is 0 Å². The van der Waals surface area contributed by atoms with Crippen LogP contribution < -0.4 is 0 Å². The van der Waals surface area contributed by atoms with Crippen molar-refractivity contribution in [3.8, 4) is 0 Å². The second-order valence-electron chi connectivity index (χ2n) is 4.10. The van der Waals surface area contributed by atoms with Gasteiger partial charge in [0.25, 0.3) is 0 Å². The summed E-state index contributed by atoms with van der Waals surface area (Å²) in [5.41, 5.74) is 2.33. The molecular weight excluding hydrogens is 412 g/mol. The van der Waals surface area contributed by atoms with Crippen molar-refractivity contribution in [1.29, 1.82) is 0 Å². The zero-order valence-corrected chi connectivity index (χ0v) is 14.7. The second kappa shape index (κ2) is 7.05. The molecule has 0 saturated heterocycles. The number of hydrogen-bond acceptors (Lipinski definition) is 1. The molecule has 17 heavy (non-hydrogen) atoms. The van der Waals surface area contributed by atoms with E-state index in [-0.39, 0.29) is 10.6 Å². The van der Waals surface area contributed by atoms with Gasteiger partial charge in [-0.2, -0.15) is 0 Å². The lowest BCUT2D eigenvalue weighted by molar-refractivity contribution is -0.118. The Morgan fingerprint density at radius 2 is 1.82 bits per heavy atom. The largest absolute Gasteiger partial charge is 0.298 e. The maximum atomic E-state index is 11.8. The molecule has 1 aromatic carbocycles. The fourth-order valence-electron chi connectivity index (χ4n) is 1.62. The molecule has 0 amide bonds. The number of rotatable bonds is 5. The first-order valence-electron chi connectivity index (χ1n) is 5.57. The van der Waals surface area contributed by atoms with Crippen LogP contribution in [0.3, 0.4) is 0 Å². The number of Topliss-reactive ketones (excluding diaryl/α,β-unsaturated/α-hetero) is 1. The number of ketones is 1. The Morgan fingerprint density at radius 3 is 2.29 bits per heavy atom. The highest BCUT2D eigenvalue weighted by Crippen LogP contribution is 2.30. The van der Waals surface area contributed by atoms with E-state index in [9.17, 15) is 4.79 Å². The van der Waals surface area contributed by atoms with Crippen LogP contribution >= 0.6 is 47.8 Å². The normalized spacial score (nSPS) is 12.5. The lowest BCUT2D eigenvalue weighted by Crippen LogP contribution is -2.16. The summed E-state index contributed by atoms with van der Waals surface area (Å²) in [6.45, 7) is 4.07. The van der Waals surface area contributed by atoms with E-state index < -0.39 is 0 Å². The lowest BCUT2D eigenvalue weighted by Gasteiger charge is -2.12. The first-order chi connectivity index (χ1) is 7.95. The zero-order chi connectivity index (χ0) is 13.0. The molecule has 0 spiro atoms. The van der Waals surface area contributed by atoms with E-state index in [0.717, 1.165) is 20.9 Å². The van der Waals surface area contributed by atoms with Crippen LogP contribution in [0, 0.1) is 6.92 Å². The molecule has 0 aliphatic heterocycles. The third-order valence-corrected chi connectivity index (χ3v) is 4.76. The van der Waals surface area contributed by atoms with Gasteiger partial charge in [0.1, 0.15) is 5.78 Å². The SMILES string of the molecule is CCCC(=O)C(Br)Cc1c(Br)cc(C)cc1Br. The molecular formula is C13H15Br3O. The Bertz CT molecular complexity index is 392. The van der Waals surface area contributed by atoms with Gasteiger partial charge in [-0.1, -0.05) is 54.7 Å². The van der Waals surface area contributed by atoms with E-state index in [2.05, 4.69) is 59.9 Å². The van der Waals surface area contributed by atoms with Gasteiger partial charge in [0.2, 0.25) is 0 Å². The molecule has 1 nitrogen and oxygen atoms in total. The van der Waals surface area contributed by atoms with Crippen molar-refractivity contribution in [3.63, 3.8) is 0 Å². The van der Waals surface area contributed by atoms with Crippen molar-refractivity contribution in [2.75, 3.05) is 0 Å². The summed E-state index contributed by atoms with van der Waals surface area (Å²) in [4.78, 5) is 11.7. The summed E-state index contributed by atoms with van der Waals surface area (Å²) in [7, 11) is 0. The van der Waals surface area contributed by atoms with Gasteiger partial charge >= 0.3 is 0 Å². The number of aryl methyl sites for hydroxylation is 1. The molecule has 0 bridgehead atoms. The van der Waals surface area contributed by atoms with Crippen molar-refractivity contribution < 1.29 is 4.79 Å². The zero-order valence-electron chi connectivity index (χ0n) is 9.90. The summed E-state index contributed by atoms with van der Waals surface area (Å²) >= 11 is 10.6. The van der Waals surface area contributed by atoms with Gasteiger partial charge in [-0.25, -0.2) is 0 Å². The van der Waals surface area contributed by atoms with Gasteiger partial charge in [0.05, 0.1) is 4.83 Å². The Labute approximate surface area is 128 Å². The fourth-order valence-corrected chi connectivity index (χ4v) is 3.91. The third-order valence-electron chi connectivity index (χ3n) is 2.51. The van der Waals surface area contributed by atoms with Crippen LogP contribution in [0.5, 0.6) is 0 Å². The summed E-state index contributed by atoms with van der Waals surface area (Å²) in [5, 5.41) is 0. The minimum absolute atomic E-state index is 0.0993. The summed E-state index contributed by atoms with van der Waals surface area (Å²) in [5.74, 6) is 0.270. The van der Waals surface area contributed by atoms with E-state index >= 15 is 0 Å². The number of carbonyl (C=O) groups is 1. The van der Waals surface area contributed by atoms with Crippen LogP contribution in [0.25, 0.3) is 0 Å². The molecule has 0 aromatic heterocycles. The maximum absolute atomic E-state index is 11.8. The maximum Gasteiger partial charge on any atom is 0.146 e. The Kier molecular flexibility index (Phi) is 6.38. The van der Waals surface area contributed by atoms with Crippen molar-refractivity contribution >= 4 is 53.6 Å². The quantitative estimate of drug-likeness (QED) is 0.592. The summed E-state index contributed by atoms with van der Waals surface area (Å²) in [6, 6.07) is 4.15. The second-order valence-corrected chi connectivity index (χ2v) is 6.91. The minimum Gasteiger partial charge on any atom is -0.298 e. The molecule has 0 fully saturated rings. The molecule has 0 heterocycles. The van der Waals surface area contributed by atoms with Crippen LogP contribution in [-0.2, 0) is 11.2 Å². The smallest absolute Gasteiger partial charge is 0.146 e. The van der Waals surface area contributed by atoms with Crippen molar-refractivity contribution in [2.24, 2.45) is 0 Å². The number of alkyl halides is 1. The third kappa shape index (κ3) is 4.49. The van der Waals surface area contributed by atoms with Gasteiger partial charge in [0.15, 0.2) is 0 Å². The van der Waals surface area contributed by atoms with Crippen LogP contribution in [-0.4, -0.2) is 10.6 Å². The van der Waals surface area contributed by atoms with E-state index in [1.165, 1.54) is 5.56 Å². The molecule has 1 unspecified atom stereocenters. The highest BCUT2D eigenvalue weighted by atomic mass is 79.9. The molecule has 4 heteroatoms. The first kappa shape index (κ1) is 15.4. The minimum atomic E-state index is -0.0993. The van der Waals surface area contributed by atoms with Crippen molar-refractivity contribution in [1.82, 2.24) is 0 Å². The van der Waals surface area contributed by atoms with Crippen LogP contribution in [0.15, 0.2) is 21.1 Å². The molecule has 0 radical (unpaired) electrons. The van der Waals surface area contributed by atoms with E-state index in [1.54, 1.807) is 0 Å². The first-order valence-corrected chi connectivity index (χ1v) is 8.07. The predicted octanol–water partition coefficient (Wildman–Crippen LogP) is 5.20. The van der Waals surface area contributed by atoms with Gasteiger partial charge < -0.3 is 0 Å². The molecule has 1 atom stereocenters. The van der Waals surface area contributed by atoms with Crippen molar-refractivity contribution in [2.45, 2.75) is 37.9 Å². The topological polar surface area (TPSA) is 17.1 Å². The monoisotopic (exact) mass is 424 g/mol. The Hall–Kier alpha value is 0.330. The van der Waals surface area contributed by atoms with Gasteiger partial charge in [0, 0.05) is 15.4 Å². The highest BCUT2D eigenvalue weighted by Gasteiger charge is 2.17. The van der Waals surface area contributed by atoms with Gasteiger partial charge in [-0.3, -0.25) is 4.79 Å².